The highest BCUT2D eigenvalue weighted by molar-refractivity contribution is 5.81. The van der Waals surface area contributed by atoms with Crippen LogP contribution in [-0.4, -0.2) is 38.0 Å². The largest absolute Gasteiger partial charge is 0.368 e. The van der Waals surface area contributed by atoms with Gasteiger partial charge in [-0.25, -0.2) is 8.78 Å². The van der Waals surface area contributed by atoms with Crippen LogP contribution >= 0.6 is 0 Å². The fourth-order valence-electron chi connectivity index (χ4n) is 1.53. The normalized spacial score (nSPS) is 12.7. The van der Waals surface area contributed by atoms with Gasteiger partial charge >= 0.3 is 0 Å². The molecule has 6 heteroatoms. The van der Waals surface area contributed by atoms with E-state index in [1.165, 1.54) is 6.07 Å². The Hall–Kier alpha value is -1.53. The Morgan fingerprint density at radius 2 is 2.11 bits per heavy atom. The van der Waals surface area contributed by atoms with Gasteiger partial charge in [-0.1, -0.05) is 6.07 Å². The molecule has 0 saturated heterocycles. The second kappa shape index (κ2) is 6.42. The molecular formula is C12H17F2N3O. The van der Waals surface area contributed by atoms with E-state index in [2.05, 4.69) is 5.32 Å². The first kappa shape index (κ1) is 14.5. The number of amides is 1. The zero-order valence-corrected chi connectivity index (χ0v) is 10.4. The summed E-state index contributed by atoms with van der Waals surface area (Å²) in [5, 5.41) is 2.85. The molecule has 0 fully saturated rings. The summed E-state index contributed by atoms with van der Waals surface area (Å²) in [5.74, 6) is -2.16. The quantitative estimate of drug-likeness (QED) is 0.786. The first-order valence-electron chi connectivity index (χ1n) is 5.54. The van der Waals surface area contributed by atoms with Gasteiger partial charge in [-0.3, -0.25) is 4.79 Å². The van der Waals surface area contributed by atoms with E-state index in [0.717, 1.165) is 12.1 Å². The molecule has 1 unspecified atom stereocenters. The topological polar surface area (TPSA) is 58.4 Å². The summed E-state index contributed by atoms with van der Waals surface area (Å²) in [6.45, 7) is 1.14. The molecule has 0 aliphatic heterocycles. The van der Waals surface area contributed by atoms with Gasteiger partial charge in [0, 0.05) is 24.7 Å². The molecule has 0 radical (unpaired) electrons. The van der Waals surface area contributed by atoms with E-state index in [1.807, 2.05) is 19.0 Å². The maximum atomic E-state index is 13.5. The van der Waals surface area contributed by atoms with Crippen molar-refractivity contribution in [2.24, 2.45) is 5.73 Å². The van der Waals surface area contributed by atoms with Crippen molar-refractivity contribution in [3.05, 3.63) is 35.4 Å². The number of carbonyl (C=O) groups is 1. The minimum Gasteiger partial charge on any atom is -0.368 e. The third kappa shape index (κ3) is 4.05. The van der Waals surface area contributed by atoms with Crippen molar-refractivity contribution in [2.45, 2.75) is 6.04 Å². The van der Waals surface area contributed by atoms with Crippen LogP contribution < -0.4 is 11.1 Å². The van der Waals surface area contributed by atoms with Gasteiger partial charge in [-0.15, -0.1) is 0 Å². The molecule has 0 saturated carbocycles. The number of rotatable bonds is 6. The molecule has 18 heavy (non-hydrogen) atoms. The summed E-state index contributed by atoms with van der Waals surface area (Å²) >= 11 is 0. The molecular weight excluding hydrogens is 240 g/mol. The number of primary amides is 1. The van der Waals surface area contributed by atoms with E-state index in [9.17, 15) is 13.6 Å². The molecule has 1 amide bonds. The van der Waals surface area contributed by atoms with Gasteiger partial charge in [0.2, 0.25) is 5.91 Å². The van der Waals surface area contributed by atoms with Gasteiger partial charge in [0.05, 0.1) is 0 Å². The van der Waals surface area contributed by atoms with Gasteiger partial charge in [0.1, 0.15) is 17.7 Å². The molecule has 0 bridgehead atoms. The number of halogens is 2. The second-order valence-electron chi connectivity index (χ2n) is 4.26. The minimum absolute atomic E-state index is 0.0580. The first-order chi connectivity index (χ1) is 8.41. The molecule has 100 valence electrons. The molecule has 0 heterocycles. The van der Waals surface area contributed by atoms with Crippen LogP contribution in [0.3, 0.4) is 0 Å². The lowest BCUT2D eigenvalue weighted by Gasteiger charge is -2.18. The summed E-state index contributed by atoms with van der Waals surface area (Å²) in [6, 6.07) is 2.11. The van der Waals surface area contributed by atoms with Crippen molar-refractivity contribution in [3.8, 4) is 0 Å². The molecule has 0 spiro atoms. The van der Waals surface area contributed by atoms with Crippen LogP contribution in [0.1, 0.15) is 11.6 Å². The smallest absolute Gasteiger partial charge is 0.239 e. The summed E-state index contributed by atoms with van der Waals surface area (Å²) in [6.07, 6.45) is 0. The van der Waals surface area contributed by atoms with Crippen LogP contribution in [-0.2, 0) is 4.79 Å². The highest BCUT2D eigenvalue weighted by Crippen LogP contribution is 2.17. The third-order valence-corrected chi connectivity index (χ3v) is 2.47. The zero-order valence-electron chi connectivity index (χ0n) is 10.4. The van der Waals surface area contributed by atoms with E-state index in [-0.39, 0.29) is 5.56 Å². The molecule has 1 rings (SSSR count). The van der Waals surface area contributed by atoms with Gasteiger partial charge < -0.3 is 16.0 Å². The second-order valence-corrected chi connectivity index (χ2v) is 4.26. The molecule has 0 aliphatic rings. The molecule has 4 nitrogen and oxygen atoms in total. The van der Waals surface area contributed by atoms with Crippen molar-refractivity contribution in [3.63, 3.8) is 0 Å². The Balaban J connectivity index is 2.81. The lowest BCUT2D eigenvalue weighted by molar-refractivity contribution is -0.120. The predicted molar refractivity (Wildman–Crippen MR) is 64.9 cm³/mol. The summed E-state index contributed by atoms with van der Waals surface area (Å²) < 4.78 is 26.3. The number of nitrogens with one attached hydrogen (secondary N) is 1. The molecule has 3 N–H and O–H groups in total. The Bertz CT molecular complexity index is 424. The number of hydrogen-bond donors (Lipinski definition) is 2. The summed E-state index contributed by atoms with van der Waals surface area (Å²) in [7, 11) is 3.75. The number of nitrogens with zero attached hydrogens (tertiary/aromatic N) is 1. The summed E-state index contributed by atoms with van der Waals surface area (Å²) in [4.78, 5) is 13.2. The first-order valence-corrected chi connectivity index (χ1v) is 5.54. The minimum atomic E-state index is -0.953. The Morgan fingerprint density at radius 1 is 1.44 bits per heavy atom. The standard InChI is InChI=1S/C12H17F2N3O/c1-17(2)6-5-16-11(12(15)18)9-4-3-8(13)7-10(9)14/h3-4,7,11,16H,5-6H2,1-2H3,(H2,15,18). The van der Waals surface area contributed by atoms with Crippen LogP contribution in [0.2, 0.25) is 0 Å². The third-order valence-electron chi connectivity index (χ3n) is 2.47. The highest BCUT2D eigenvalue weighted by atomic mass is 19.1. The maximum absolute atomic E-state index is 13.5. The SMILES string of the molecule is CN(C)CCNC(C(N)=O)c1ccc(F)cc1F. The van der Waals surface area contributed by atoms with Gasteiger partial charge in [0.25, 0.3) is 0 Å². The number of carbonyl (C=O) groups excluding carboxylic acids is 1. The van der Waals surface area contributed by atoms with Crippen LogP contribution in [0, 0.1) is 11.6 Å². The van der Waals surface area contributed by atoms with E-state index in [1.54, 1.807) is 0 Å². The Morgan fingerprint density at radius 3 is 2.61 bits per heavy atom. The van der Waals surface area contributed by atoms with Crippen molar-refractivity contribution in [1.82, 2.24) is 10.2 Å². The average Bonchev–Trinajstić information content (AvgIpc) is 2.25. The molecule has 0 aliphatic carbocycles. The van der Waals surface area contributed by atoms with Gasteiger partial charge in [-0.05, 0) is 20.2 Å². The van der Waals surface area contributed by atoms with Crippen molar-refractivity contribution < 1.29 is 13.6 Å². The van der Waals surface area contributed by atoms with Crippen molar-refractivity contribution in [2.75, 3.05) is 27.2 Å². The van der Waals surface area contributed by atoms with E-state index >= 15 is 0 Å². The molecule has 1 atom stereocenters. The zero-order chi connectivity index (χ0) is 13.7. The van der Waals surface area contributed by atoms with Crippen LogP contribution in [0.25, 0.3) is 0 Å². The lowest BCUT2D eigenvalue weighted by atomic mass is 10.1. The lowest BCUT2D eigenvalue weighted by Crippen LogP contribution is -2.37. The molecule has 1 aromatic carbocycles. The number of nitrogens with two attached hydrogens (primary N) is 1. The van der Waals surface area contributed by atoms with Crippen LogP contribution in [0.5, 0.6) is 0 Å². The Kier molecular flexibility index (Phi) is 5.18. The molecule has 1 aromatic rings. The monoisotopic (exact) mass is 257 g/mol. The van der Waals surface area contributed by atoms with Gasteiger partial charge in [0.15, 0.2) is 0 Å². The van der Waals surface area contributed by atoms with Gasteiger partial charge in [-0.2, -0.15) is 0 Å². The van der Waals surface area contributed by atoms with Crippen LogP contribution in [0.15, 0.2) is 18.2 Å². The Labute approximate surface area is 105 Å². The van der Waals surface area contributed by atoms with Crippen molar-refractivity contribution in [1.29, 1.82) is 0 Å². The molecule has 0 aromatic heterocycles. The predicted octanol–water partition coefficient (Wildman–Crippen LogP) is 0.642. The highest BCUT2D eigenvalue weighted by Gasteiger charge is 2.20. The van der Waals surface area contributed by atoms with E-state index < -0.39 is 23.6 Å². The van der Waals surface area contributed by atoms with Crippen molar-refractivity contribution >= 4 is 5.91 Å². The fourth-order valence-corrected chi connectivity index (χ4v) is 1.53. The number of benzene rings is 1. The average molecular weight is 257 g/mol. The number of hydrogen-bond acceptors (Lipinski definition) is 3. The summed E-state index contributed by atoms with van der Waals surface area (Å²) in [5.41, 5.74) is 5.28. The number of likely N-dealkylation sites (N-methyl/N-ethyl adjacent to an activating group) is 1. The van der Waals surface area contributed by atoms with Crippen LogP contribution in [0.4, 0.5) is 8.78 Å². The maximum Gasteiger partial charge on any atom is 0.239 e. The van der Waals surface area contributed by atoms with E-state index in [0.29, 0.717) is 13.1 Å². The van der Waals surface area contributed by atoms with E-state index in [4.69, 9.17) is 5.73 Å². The fraction of sp³-hybridized carbons (Fsp3) is 0.417.